The zero-order chi connectivity index (χ0) is 17.4. The maximum Gasteiger partial charge on any atom is 0.271 e. The van der Waals surface area contributed by atoms with Crippen LogP contribution in [0, 0.1) is 0 Å². The molecular formula is C17H22ClN5O. The number of nitrogens with one attached hydrogen (secondary N) is 2. The first-order chi connectivity index (χ1) is 11.5. The maximum absolute atomic E-state index is 12.0. The lowest BCUT2D eigenvalue weighted by atomic mass is 10.1. The van der Waals surface area contributed by atoms with E-state index in [-0.39, 0.29) is 5.91 Å². The third-order valence-corrected chi connectivity index (χ3v) is 3.63. The van der Waals surface area contributed by atoms with Gasteiger partial charge in [0, 0.05) is 24.7 Å². The van der Waals surface area contributed by atoms with Gasteiger partial charge in [-0.25, -0.2) is 0 Å². The van der Waals surface area contributed by atoms with Crippen molar-refractivity contribution in [2.45, 2.75) is 6.42 Å². The van der Waals surface area contributed by atoms with E-state index in [0.29, 0.717) is 23.1 Å². The Morgan fingerprint density at radius 1 is 1.08 bits per heavy atom. The summed E-state index contributed by atoms with van der Waals surface area (Å²) in [5.74, 6) is 0.436. The summed E-state index contributed by atoms with van der Waals surface area (Å²) < 4.78 is 0. The van der Waals surface area contributed by atoms with E-state index >= 15 is 0 Å². The highest BCUT2D eigenvalue weighted by atomic mass is 35.5. The van der Waals surface area contributed by atoms with E-state index in [4.69, 9.17) is 11.6 Å². The van der Waals surface area contributed by atoms with E-state index in [9.17, 15) is 4.79 Å². The average Bonchev–Trinajstić information content (AvgIpc) is 2.57. The molecule has 2 aromatic rings. The number of aromatic nitrogens is 2. The van der Waals surface area contributed by atoms with Gasteiger partial charge in [0.2, 0.25) is 0 Å². The fourth-order valence-electron chi connectivity index (χ4n) is 2.02. The predicted molar refractivity (Wildman–Crippen MR) is 96.6 cm³/mol. The molecule has 2 N–H and O–H groups in total. The summed E-state index contributed by atoms with van der Waals surface area (Å²) in [6.45, 7) is 2.20. The summed E-state index contributed by atoms with van der Waals surface area (Å²) in [7, 11) is 4.01. The van der Waals surface area contributed by atoms with Crippen LogP contribution >= 0.6 is 11.6 Å². The predicted octanol–water partition coefficient (Wildman–Crippen LogP) is 2.08. The quantitative estimate of drug-likeness (QED) is 0.765. The molecular weight excluding hydrogens is 326 g/mol. The van der Waals surface area contributed by atoms with Crippen molar-refractivity contribution < 1.29 is 4.79 Å². The monoisotopic (exact) mass is 347 g/mol. The number of nitrogens with zero attached hydrogens (tertiary/aromatic N) is 3. The lowest BCUT2D eigenvalue weighted by molar-refractivity contribution is 0.0948. The molecule has 0 aliphatic heterocycles. The Morgan fingerprint density at radius 3 is 2.46 bits per heavy atom. The van der Waals surface area contributed by atoms with Crippen LogP contribution in [0.15, 0.2) is 36.4 Å². The maximum atomic E-state index is 12.0. The molecule has 0 atom stereocenters. The van der Waals surface area contributed by atoms with Crippen molar-refractivity contribution >= 4 is 23.3 Å². The zero-order valence-corrected chi connectivity index (χ0v) is 14.7. The molecule has 6 nitrogen and oxygen atoms in total. The molecule has 0 aliphatic carbocycles. The molecule has 1 aromatic carbocycles. The first-order valence-electron chi connectivity index (χ1n) is 7.79. The number of hydrogen-bond acceptors (Lipinski definition) is 5. The van der Waals surface area contributed by atoms with Gasteiger partial charge in [0.05, 0.1) is 0 Å². The lowest BCUT2D eigenvalue weighted by Gasteiger charge is -2.10. The summed E-state index contributed by atoms with van der Waals surface area (Å²) in [5, 5.41) is 14.7. The average molecular weight is 348 g/mol. The molecule has 0 aliphatic rings. The van der Waals surface area contributed by atoms with Gasteiger partial charge in [-0.2, -0.15) is 0 Å². The molecule has 0 spiro atoms. The second-order valence-electron chi connectivity index (χ2n) is 5.67. The molecule has 0 saturated heterocycles. The van der Waals surface area contributed by atoms with Gasteiger partial charge >= 0.3 is 0 Å². The molecule has 0 bridgehead atoms. The van der Waals surface area contributed by atoms with E-state index in [2.05, 4.69) is 25.7 Å². The van der Waals surface area contributed by atoms with E-state index < -0.39 is 0 Å². The van der Waals surface area contributed by atoms with Gasteiger partial charge in [-0.05, 0) is 50.3 Å². The standard InChI is InChI=1S/C17H22ClN5O/c1-23(2)12-11-19-16-8-7-15(21-22-16)17(24)20-10-9-13-3-5-14(18)6-4-13/h3-8H,9-12H2,1-2H3,(H,19,22)(H,20,24). The van der Waals surface area contributed by atoms with E-state index in [1.54, 1.807) is 12.1 Å². The second-order valence-corrected chi connectivity index (χ2v) is 6.10. The van der Waals surface area contributed by atoms with Crippen LogP contribution in [0.5, 0.6) is 0 Å². The largest absolute Gasteiger partial charge is 0.367 e. The van der Waals surface area contributed by atoms with Crippen LogP contribution in [0.1, 0.15) is 16.1 Å². The van der Waals surface area contributed by atoms with Crippen LogP contribution < -0.4 is 10.6 Å². The molecule has 1 amide bonds. The number of carbonyl (C=O) groups excluding carboxylic acids is 1. The minimum Gasteiger partial charge on any atom is -0.367 e. The molecule has 7 heteroatoms. The number of anilines is 1. The van der Waals surface area contributed by atoms with Gasteiger partial charge in [-0.3, -0.25) is 4.79 Å². The minimum absolute atomic E-state index is 0.226. The van der Waals surface area contributed by atoms with Crippen molar-refractivity contribution in [3.63, 3.8) is 0 Å². The number of carbonyl (C=O) groups is 1. The first kappa shape index (κ1) is 18.2. The van der Waals surface area contributed by atoms with Crippen molar-refractivity contribution in [3.8, 4) is 0 Å². The molecule has 0 saturated carbocycles. The van der Waals surface area contributed by atoms with Gasteiger partial charge in [0.25, 0.3) is 5.91 Å². The van der Waals surface area contributed by atoms with Crippen LogP contribution in [0.4, 0.5) is 5.82 Å². The SMILES string of the molecule is CN(C)CCNc1ccc(C(=O)NCCc2ccc(Cl)cc2)nn1. The van der Waals surface area contributed by atoms with Crippen LogP contribution in [-0.2, 0) is 6.42 Å². The highest BCUT2D eigenvalue weighted by Gasteiger charge is 2.07. The summed E-state index contributed by atoms with van der Waals surface area (Å²) in [6.07, 6.45) is 0.737. The Hall–Kier alpha value is -2.18. The smallest absolute Gasteiger partial charge is 0.271 e. The Labute approximate surface area is 147 Å². The molecule has 0 radical (unpaired) electrons. The third kappa shape index (κ3) is 6.14. The molecule has 2 rings (SSSR count). The molecule has 0 fully saturated rings. The summed E-state index contributed by atoms with van der Waals surface area (Å²) in [5.41, 5.74) is 1.43. The van der Waals surface area contributed by atoms with Crippen molar-refractivity contribution in [3.05, 3.63) is 52.7 Å². The van der Waals surface area contributed by atoms with Crippen molar-refractivity contribution in [1.82, 2.24) is 20.4 Å². The van der Waals surface area contributed by atoms with Crippen molar-refractivity contribution in [1.29, 1.82) is 0 Å². The summed E-state index contributed by atoms with van der Waals surface area (Å²) >= 11 is 5.84. The molecule has 1 heterocycles. The number of rotatable bonds is 8. The highest BCUT2D eigenvalue weighted by Crippen LogP contribution is 2.09. The number of halogens is 1. The van der Waals surface area contributed by atoms with Crippen molar-refractivity contribution in [2.75, 3.05) is 39.0 Å². The lowest BCUT2D eigenvalue weighted by Crippen LogP contribution is -2.27. The normalized spacial score (nSPS) is 10.7. The van der Waals surface area contributed by atoms with E-state index in [1.165, 1.54) is 0 Å². The van der Waals surface area contributed by atoms with Gasteiger partial charge in [-0.15, -0.1) is 10.2 Å². The van der Waals surface area contributed by atoms with Crippen molar-refractivity contribution in [2.24, 2.45) is 0 Å². The minimum atomic E-state index is -0.226. The molecule has 24 heavy (non-hydrogen) atoms. The van der Waals surface area contributed by atoms with E-state index in [1.807, 2.05) is 38.4 Å². The van der Waals surface area contributed by atoms with Gasteiger partial charge in [-0.1, -0.05) is 23.7 Å². The van der Waals surface area contributed by atoms with Gasteiger partial charge < -0.3 is 15.5 Å². The fraction of sp³-hybridized carbons (Fsp3) is 0.353. The summed E-state index contributed by atoms with van der Waals surface area (Å²) in [6, 6.07) is 11.0. The van der Waals surface area contributed by atoms with Crippen LogP contribution in [-0.4, -0.2) is 54.7 Å². The second kappa shape index (κ2) is 9.20. The van der Waals surface area contributed by atoms with E-state index in [0.717, 1.165) is 25.1 Å². The Morgan fingerprint density at radius 2 is 1.83 bits per heavy atom. The first-order valence-corrected chi connectivity index (χ1v) is 8.17. The number of benzene rings is 1. The topological polar surface area (TPSA) is 70.2 Å². The third-order valence-electron chi connectivity index (χ3n) is 3.37. The number of amides is 1. The molecule has 1 aromatic heterocycles. The highest BCUT2D eigenvalue weighted by molar-refractivity contribution is 6.30. The number of likely N-dealkylation sites (N-methyl/N-ethyl adjacent to an activating group) is 1. The van der Waals surface area contributed by atoms with Crippen LogP contribution in [0.3, 0.4) is 0 Å². The Bertz CT molecular complexity index is 643. The fourth-order valence-corrected chi connectivity index (χ4v) is 2.14. The van der Waals surface area contributed by atoms with Gasteiger partial charge in [0.15, 0.2) is 5.69 Å². The molecule has 0 unspecified atom stereocenters. The Kier molecular flexibility index (Phi) is 6.96. The Balaban J connectivity index is 1.76. The van der Waals surface area contributed by atoms with Crippen LogP contribution in [0.2, 0.25) is 5.02 Å². The van der Waals surface area contributed by atoms with Gasteiger partial charge in [0.1, 0.15) is 5.82 Å². The summed E-state index contributed by atoms with van der Waals surface area (Å²) in [4.78, 5) is 14.1. The van der Waals surface area contributed by atoms with Crippen LogP contribution in [0.25, 0.3) is 0 Å². The zero-order valence-electron chi connectivity index (χ0n) is 13.9. The molecule has 128 valence electrons. The number of hydrogen-bond donors (Lipinski definition) is 2.